The summed E-state index contributed by atoms with van der Waals surface area (Å²) in [5.41, 5.74) is 0.108. The van der Waals surface area contributed by atoms with Gasteiger partial charge in [0.1, 0.15) is 0 Å². The van der Waals surface area contributed by atoms with Crippen molar-refractivity contribution in [2.45, 2.75) is 25.4 Å². The van der Waals surface area contributed by atoms with Gasteiger partial charge in [0.25, 0.3) is 0 Å². The highest BCUT2D eigenvalue weighted by atomic mass is 32.2. The van der Waals surface area contributed by atoms with Crippen LogP contribution >= 0.6 is 11.8 Å². The summed E-state index contributed by atoms with van der Waals surface area (Å²) in [4.78, 5) is 13.0. The zero-order chi connectivity index (χ0) is 12.3. The molecule has 1 atom stereocenters. The fourth-order valence-corrected chi connectivity index (χ4v) is 3.65. The van der Waals surface area contributed by atoms with Gasteiger partial charge in [-0.25, -0.2) is 0 Å². The number of likely N-dealkylation sites (N-methyl/N-ethyl adjacent to an activating group) is 1. The highest BCUT2D eigenvalue weighted by molar-refractivity contribution is 7.99. The molecule has 1 aliphatic carbocycles. The van der Waals surface area contributed by atoms with Crippen LogP contribution in [0.5, 0.6) is 0 Å². The molecule has 1 heterocycles. The second kappa shape index (κ2) is 5.59. The molecule has 2 fully saturated rings. The maximum atomic E-state index is 10.7. The van der Waals surface area contributed by atoms with Gasteiger partial charge in [0.15, 0.2) is 0 Å². The van der Waals surface area contributed by atoms with Crippen LogP contribution in [-0.2, 0) is 9.53 Å². The highest BCUT2D eigenvalue weighted by Gasteiger charge is 2.44. The lowest BCUT2D eigenvalue weighted by molar-refractivity contribution is -0.138. The first-order valence-electron chi connectivity index (χ1n) is 6.19. The Bertz CT molecular complexity index is 281. The fourth-order valence-electron chi connectivity index (χ4n) is 2.24. The Morgan fingerprint density at radius 1 is 1.59 bits per heavy atom. The van der Waals surface area contributed by atoms with Gasteiger partial charge >= 0.3 is 5.97 Å². The number of hydrogen-bond acceptors (Lipinski definition) is 4. The molecular weight excluding hydrogens is 238 g/mol. The van der Waals surface area contributed by atoms with Gasteiger partial charge in [-0.3, -0.25) is 4.79 Å². The first-order chi connectivity index (χ1) is 8.10. The van der Waals surface area contributed by atoms with E-state index in [2.05, 4.69) is 11.9 Å². The summed E-state index contributed by atoms with van der Waals surface area (Å²) in [6.45, 7) is 2.84. The van der Waals surface area contributed by atoms with Crippen molar-refractivity contribution >= 4 is 17.7 Å². The van der Waals surface area contributed by atoms with Crippen LogP contribution in [0.15, 0.2) is 0 Å². The maximum Gasteiger partial charge on any atom is 0.303 e. The Morgan fingerprint density at radius 3 is 2.94 bits per heavy atom. The number of thioether (sulfide) groups is 1. The zero-order valence-electron chi connectivity index (χ0n) is 10.4. The Kier molecular flexibility index (Phi) is 4.33. The molecule has 2 rings (SSSR count). The van der Waals surface area contributed by atoms with Crippen LogP contribution in [0.4, 0.5) is 0 Å². The minimum absolute atomic E-state index is 0.108. The van der Waals surface area contributed by atoms with Crippen molar-refractivity contribution in [2.75, 3.05) is 38.2 Å². The lowest BCUT2D eigenvalue weighted by Gasteiger charge is -2.30. The van der Waals surface area contributed by atoms with Crippen molar-refractivity contribution in [1.82, 2.24) is 4.90 Å². The molecule has 1 aliphatic heterocycles. The van der Waals surface area contributed by atoms with Gasteiger partial charge in [-0.15, -0.1) is 0 Å². The number of aliphatic carboxylic acids is 1. The summed E-state index contributed by atoms with van der Waals surface area (Å²) in [6.07, 6.45) is 2.82. The van der Waals surface area contributed by atoms with Gasteiger partial charge in [-0.1, -0.05) is 0 Å². The van der Waals surface area contributed by atoms with Crippen LogP contribution in [0, 0.1) is 5.41 Å². The van der Waals surface area contributed by atoms with E-state index in [0.717, 1.165) is 44.0 Å². The van der Waals surface area contributed by atoms with Crippen molar-refractivity contribution in [3.8, 4) is 0 Å². The van der Waals surface area contributed by atoms with Crippen molar-refractivity contribution in [3.05, 3.63) is 0 Å². The molecule has 0 aromatic carbocycles. The van der Waals surface area contributed by atoms with Gasteiger partial charge in [0, 0.05) is 18.8 Å². The lowest BCUT2D eigenvalue weighted by Crippen LogP contribution is -2.41. The van der Waals surface area contributed by atoms with Crippen molar-refractivity contribution in [3.63, 3.8) is 0 Å². The molecule has 0 aromatic rings. The van der Waals surface area contributed by atoms with Crippen LogP contribution in [0.25, 0.3) is 0 Å². The van der Waals surface area contributed by atoms with E-state index in [-0.39, 0.29) is 5.41 Å². The van der Waals surface area contributed by atoms with Gasteiger partial charge in [0.2, 0.25) is 0 Å². The van der Waals surface area contributed by atoms with Crippen LogP contribution in [-0.4, -0.2) is 60.3 Å². The molecule has 0 radical (unpaired) electrons. The van der Waals surface area contributed by atoms with Crippen molar-refractivity contribution < 1.29 is 14.6 Å². The number of carbonyl (C=O) groups is 1. The topological polar surface area (TPSA) is 49.8 Å². The summed E-state index contributed by atoms with van der Waals surface area (Å²) in [5.74, 6) is 1.31. The van der Waals surface area contributed by atoms with E-state index < -0.39 is 5.97 Å². The Balaban J connectivity index is 1.64. The minimum Gasteiger partial charge on any atom is -0.481 e. The van der Waals surface area contributed by atoms with E-state index in [1.54, 1.807) is 0 Å². The molecular formula is C12H21NO3S. The number of morpholine rings is 1. The van der Waals surface area contributed by atoms with Crippen LogP contribution in [0.3, 0.4) is 0 Å². The number of hydrogen-bond donors (Lipinski definition) is 1. The second-order valence-corrected chi connectivity index (χ2v) is 6.37. The summed E-state index contributed by atoms with van der Waals surface area (Å²) in [5, 5.41) is 8.83. The third-order valence-electron chi connectivity index (χ3n) is 3.54. The summed E-state index contributed by atoms with van der Waals surface area (Å²) >= 11 is 1.86. The van der Waals surface area contributed by atoms with Gasteiger partial charge in [-0.2, -0.15) is 11.8 Å². The maximum absolute atomic E-state index is 10.7. The van der Waals surface area contributed by atoms with E-state index >= 15 is 0 Å². The smallest absolute Gasteiger partial charge is 0.303 e. The quantitative estimate of drug-likeness (QED) is 0.779. The van der Waals surface area contributed by atoms with E-state index in [0.29, 0.717) is 12.5 Å². The van der Waals surface area contributed by atoms with Gasteiger partial charge in [-0.05, 0) is 31.1 Å². The Labute approximate surface area is 107 Å². The van der Waals surface area contributed by atoms with Gasteiger partial charge < -0.3 is 14.7 Å². The molecule has 0 amide bonds. The molecule has 5 heteroatoms. The fraction of sp³-hybridized carbons (Fsp3) is 0.917. The number of rotatable bonds is 6. The zero-order valence-corrected chi connectivity index (χ0v) is 11.2. The molecule has 2 aliphatic rings. The Morgan fingerprint density at radius 2 is 2.35 bits per heavy atom. The van der Waals surface area contributed by atoms with Crippen molar-refractivity contribution in [2.24, 2.45) is 5.41 Å². The predicted molar refractivity (Wildman–Crippen MR) is 68.5 cm³/mol. The van der Waals surface area contributed by atoms with E-state index in [4.69, 9.17) is 9.84 Å². The first kappa shape index (κ1) is 13.2. The molecule has 0 aromatic heterocycles. The van der Waals surface area contributed by atoms with Crippen molar-refractivity contribution in [1.29, 1.82) is 0 Å². The van der Waals surface area contributed by atoms with E-state index in [9.17, 15) is 4.79 Å². The molecule has 98 valence electrons. The molecule has 4 nitrogen and oxygen atoms in total. The standard InChI is InChI=1S/C12H21NO3S/c1-13-4-5-16-10(7-13)8-17-9-12(2-3-12)6-11(14)15/h10H,2-9H2,1H3,(H,14,15). The number of carboxylic acids is 1. The predicted octanol–water partition coefficient (Wildman–Crippen LogP) is 1.31. The third-order valence-corrected chi connectivity index (χ3v) is 4.96. The SMILES string of the molecule is CN1CCOC(CSCC2(CC(=O)O)CC2)C1. The number of ether oxygens (including phenoxy) is 1. The molecule has 1 N–H and O–H groups in total. The molecule has 0 bridgehead atoms. The third kappa shape index (κ3) is 4.16. The Hall–Kier alpha value is -0.260. The molecule has 1 unspecified atom stereocenters. The second-order valence-electron chi connectivity index (χ2n) is 5.34. The molecule has 1 saturated carbocycles. The van der Waals surface area contributed by atoms with Crippen LogP contribution < -0.4 is 0 Å². The largest absolute Gasteiger partial charge is 0.481 e. The summed E-state index contributed by atoms with van der Waals surface area (Å²) in [7, 11) is 2.12. The van der Waals surface area contributed by atoms with E-state index in [1.165, 1.54) is 0 Å². The molecule has 0 spiro atoms. The average molecular weight is 259 g/mol. The lowest BCUT2D eigenvalue weighted by atomic mass is 10.1. The first-order valence-corrected chi connectivity index (χ1v) is 7.35. The molecule has 1 saturated heterocycles. The normalized spacial score (nSPS) is 27.9. The van der Waals surface area contributed by atoms with Crippen LogP contribution in [0.2, 0.25) is 0 Å². The van der Waals surface area contributed by atoms with Crippen LogP contribution in [0.1, 0.15) is 19.3 Å². The van der Waals surface area contributed by atoms with Gasteiger partial charge in [0.05, 0.1) is 19.1 Å². The van der Waals surface area contributed by atoms with E-state index in [1.807, 2.05) is 11.8 Å². The monoisotopic (exact) mass is 259 g/mol. The average Bonchev–Trinajstić information content (AvgIpc) is 2.97. The molecule has 17 heavy (non-hydrogen) atoms. The number of nitrogens with zero attached hydrogens (tertiary/aromatic N) is 1. The highest BCUT2D eigenvalue weighted by Crippen LogP contribution is 2.51. The summed E-state index contributed by atoms with van der Waals surface area (Å²) < 4.78 is 5.69. The minimum atomic E-state index is -0.656. The summed E-state index contributed by atoms with van der Waals surface area (Å²) in [6, 6.07) is 0. The number of carboxylic acid groups (broad SMARTS) is 1.